The van der Waals surface area contributed by atoms with Crippen LogP contribution < -0.4 is 26.7 Å². The molecule has 34 heavy (non-hydrogen) atoms. The molecule has 0 aliphatic carbocycles. The summed E-state index contributed by atoms with van der Waals surface area (Å²) in [6.07, 6.45) is 1.33. The number of amides is 4. The van der Waals surface area contributed by atoms with E-state index >= 15 is 0 Å². The molecule has 0 unspecified atom stereocenters. The summed E-state index contributed by atoms with van der Waals surface area (Å²) in [5.41, 5.74) is 1.82. The van der Waals surface area contributed by atoms with E-state index < -0.39 is 23.3 Å². The number of pyridine rings is 1. The Hall–Kier alpha value is -4.92. The maximum atomic E-state index is 12.5. The molecule has 0 aliphatic rings. The number of para-hydroxylation sites is 2. The number of hydrogen-bond donors (Lipinski definition) is 5. The highest BCUT2D eigenvalue weighted by atomic mass is 16.2. The molecule has 0 saturated carbocycles. The van der Waals surface area contributed by atoms with Gasteiger partial charge >= 0.3 is 6.03 Å². The second-order valence-corrected chi connectivity index (χ2v) is 7.33. The predicted molar refractivity (Wildman–Crippen MR) is 131 cm³/mol. The lowest BCUT2D eigenvalue weighted by molar-refractivity contribution is -0.115. The van der Waals surface area contributed by atoms with E-state index in [9.17, 15) is 19.2 Å². The minimum absolute atomic E-state index is 0.0734. The van der Waals surface area contributed by atoms with E-state index in [0.29, 0.717) is 28.0 Å². The summed E-state index contributed by atoms with van der Waals surface area (Å²) >= 11 is 0. The van der Waals surface area contributed by atoms with Crippen LogP contribution in [0.4, 0.5) is 21.9 Å². The van der Waals surface area contributed by atoms with Gasteiger partial charge in [0.15, 0.2) is 0 Å². The van der Waals surface area contributed by atoms with Gasteiger partial charge in [-0.3, -0.25) is 14.4 Å². The molecule has 4 aromatic rings. The molecule has 5 N–H and O–H groups in total. The molecule has 9 heteroatoms. The lowest BCUT2D eigenvalue weighted by Crippen LogP contribution is -2.35. The number of aromatic nitrogens is 1. The molecule has 4 rings (SSSR count). The molecule has 9 nitrogen and oxygen atoms in total. The van der Waals surface area contributed by atoms with Crippen LogP contribution in [0.1, 0.15) is 10.4 Å². The second kappa shape index (κ2) is 10.1. The molecule has 0 bridgehead atoms. The molecule has 170 valence electrons. The molecule has 0 aliphatic heterocycles. The Bertz CT molecular complexity index is 1400. The average molecular weight is 455 g/mol. The molecule has 0 fully saturated rings. The van der Waals surface area contributed by atoms with Gasteiger partial charge in [0, 0.05) is 34.2 Å². The SMILES string of the molecule is O=C(CNC(=O)c1c[nH]c2ccccc2c1=O)Nc1ccc(NC(=O)Nc2ccccc2)cc1. The zero-order chi connectivity index (χ0) is 23.9. The maximum Gasteiger partial charge on any atom is 0.323 e. The number of H-pyrrole nitrogens is 1. The maximum absolute atomic E-state index is 12.5. The molecule has 0 atom stereocenters. The van der Waals surface area contributed by atoms with Crippen LogP contribution in [0.25, 0.3) is 10.9 Å². The molecule has 3 aromatic carbocycles. The standard InChI is InChI=1S/C25H21N5O4/c31-22(15-27-24(33)20-14-26-21-9-5-4-8-19(21)23(20)32)28-17-10-12-18(13-11-17)30-25(34)29-16-6-2-1-3-7-16/h1-14H,15H2,(H,26,32)(H,27,33)(H,28,31)(H2,29,30,34). The predicted octanol–water partition coefficient (Wildman–Crippen LogP) is 3.54. The zero-order valence-electron chi connectivity index (χ0n) is 17.9. The number of nitrogens with one attached hydrogen (secondary N) is 5. The molecule has 1 aromatic heterocycles. The lowest BCUT2D eigenvalue weighted by Gasteiger charge is -2.10. The van der Waals surface area contributed by atoms with E-state index in [0.717, 1.165) is 0 Å². The molecule has 0 saturated heterocycles. The Labute approximate surface area is 194 Å². The van der Waals surface area contributed by atoms with Gasteiger partial charge in [-0.05, 0) is 48.5 Å². The number of aromatic amines is 1. The third-order valence-electron chi connectivity index (χ3n) is 4.90. The van der Waals surface area contributed by atoms with E-state index in [1.54, 1.807) is 60.7 Å². The van der Waals surface area contributed by atoms with Crippen molar-refractivity contribution in [2.24, 2.45) is 0 Å². The van der Waals surface area contributed by atoms with Gasteiger partial charge in [0.05, 0.1) is 6.54 Å². The highest BCUT2D eigenvalue weighted by Gasteiger charge is 2.14. The molecular weight excluding hydrogens is 434 g/mol. The van der Waals surface area contributed by atoms with Crippen LogP contribution in [0, 0.1) is 0 Å². The van der Waals surface area contributed by atoms with Crippen LogP contribution in [0.5, 0.6) is 0 Å². The molecule has 4 amide bonds. The quantitative estimate of drug-likeness (QED) is 0.304. The van der Waals surface area contributed by atoms with Crippen molar-refractivity contribution in [1.29, 1.82) is 0 Å². The number of rotatable bonds is 6. The lowest BCUT2D eigenvalue weighted by atomic mass is 10.1. The summed E-state index contributed by atoms with van der Waals surface area (Å²) < 4.78 is 0. The molecule has 0 spiro atoms. The average Bonchev–Trinajstić information content (AvgIpc) is 2.85. The number of urea groups is 1. The van der Waals surface area contributed by atoms with Gasteiger partial charge in [-0.1, -0.05) is 30.3 Å². The second-order valence-electron chi connectivity index (χ2n) is 7.33. The fraction of sp³-hybridized carbons (Fsp3) is 0.0400. The van der Waals surface area contributed by atoms with E-state index in [2.05, 4.69) is 26.3 Å². The van der Waals surface area contributed by atoms with Crippen LogP contribution in [0.3, 0.4) is 0 Å². The van der Waals surface area contributed by atoms with Crippen molar-refractivity contribution in [2.45, 2.75) is 0 Å². The van der Waals surface area contributed by atoms with E-state index in [1.807, 2.05) is 18.2 Å². The topological polar surface area (TPSA) is 132 Å². The Balaban J connectivity index is 1.28. The summed E-state index contributed by atoms with van der Waals surface area (Å²) in [5, 5.41) is 10.9. The van der Waals surface area contributed by atoms with Gasteiger partial charge in [-0.25, -0.2) is 4.79 Å². The first-order chi connectivity index (χ1) is 16.5. The van der Waals surface area contributed by atoms with Crippen molar-refractivity contribution in [3.05, 3.63) is 101 Å². The fourth-order valence-electron chi connectivity index (χ4n) is 3.25. The highest BCUT2D eigenvalue weighted by Crippen LogP contribution is 2.14. The number of hydrogen-bond acceptors (Lipinski definition) is 4. The third-order valence-corrected chi connectivity index (χ3v) is 4.90. The Morgan fingerprint density at radius 3 is 2.00 bits per heavy atom. The summed E-state index contributed by atoms with van der Waals surface area (Å²) in [4.78, 5) is 52.1. The number of benzene rings is 3. The first-order valence-corrected chi connectivity index (χ1v) is 10.4. The van der Waals surface area contributed by atoms with Crippen molar-refractivity contribution in [2.75, 3.05) is 22.5 Å². The number of carbonyl (C=O) groups is 3. The van der Waals surface area contributed by atoms with Crippen LogP contribution in [-0.2, 0) is 4.79 Å². The van der Waals surface area contributed by atoms with Crippen LogP contribution in [0.2, 0.25) is 0 Å². The minimum Gasteiger partial charge on any atom is -0.360 e. The normalized spacial score (nSPS) is 10.4. The Morgan fingerprint density at radius 2 is 1.29 bits per heavy atom. The van der Waals surface area contributed by atoms with Gasteiger partial charge in [0.1, 0.15) is 5.56 Å². The van der Waals surface area contributed by atoms with Crippen molar-refractivity contribution in [3.8, 4) is 0 Å². The molecular formula is C25H21N5O4. The summed E-state index contributed by atoms with van der Waals surface area (Å²) in [6.45, 7) is -0.315. The van der Waals surface area contributed by atoms with Gasteiger partial charge in [-0.15, -0.1) is 0 Å². The van der Waals surface area contributed by atoms with E-state index in [-0.39, 0.29) is 12.1 Å². The molecule has 0 radical (unpaired) electrons. The van der Waals surface area contributed by atoms with Crippen LogP contribution >= 0.6 is 0 Å². The number of carbonyl (C=O) groups excluding carboxylic acids is 3. The van der Waals surface area contributed by atoms with Crippen molar-refractivity contribution >= 4 is 45.8 Å². The minimum atomic E-state index is -0.647. The zero-order valence-corrected chi connectivity index (χ0v) is 17.9. The Kier molecular flexibility index (Phi) is 6.64. The third kappa shape index (κ3) is 5.46. The fourth-order valence-corrected chi connectivity index (χ4v) is 3.25. The largest absolute Gasteiger partial charge is 0.360 e. The van der Waals surface area contributed by atoms with Crippen LogP contribution in [0.15, 0.2) is 89.9 Å². The number of anilines is 3. The van der Waals surface area contributed by atoms with Gasteiger partial charge in [-0.2, -0.15) is 0 Å². The first-order valence-electron chi connectivity index (χ1n) is 10.4. The van der Waals surface area contributed by atoms with Crippen molar-refractivity contribution in [1.82, 2.24) is 10.3 Å². The van der Waals surface area contributed by atoms with Crippen LogP contribution in [-0.4, -0.2) is 29.4 Å². The number of fused-ring (bicyclic) bond motifs is 1. The summed E-state index contributed by atoms with van der Waals surface area (Å²) in [5.74, 6) is -1.11. The van der Waals surface area contributed by atoms with E-state index in [1.165, 1.54) is 6.20 Å². The summed E-state index contributed by atoms with van der Waals surface area (Å²) in [7, 11) is 0. The van der Waals surface area contributed by atoms with Crippen molar-refractivity contribution < 1.29 is 14.4 Å². The Morgan fingerprint density at radius 1 is 0.706 bits per heavy atom. The molecule has 1 heterocycles. The van der Waals surface area contributed by atoms with Gasteiger partial charge in [0.25, 0.3) is 5.91 Å². The highest BCUT2D eigenvalue weighted by molar-refractivity contribution is 6.01. The first kappa shape index (κ1) is 22.3. The monoisotopic (exact) mass is 455 g/mol. The summed E-state index contributed by atoms with van der Waals surface area (Å²) in [6, 6.07) is 22.0. The smallest absolute Gasteiger partial charge is 0.323 e. The van der Waals surface area contributed by atoms with E-state index in [4.69, 9.17) is 0 Å². The van der Waals surface area contributed by atoms with Gasteiger partial charge in [0.2, 0.25) is 11.3 Å². The van der Waals surface area contributed by atoms with Crippen molar-refractivity contribution in [3.63, 3.8) is 0 Å². The van der Waals surface area contributed by atoms with Gasteiger partial charge < -0.3 is 26.3 Å².